The van der Waals surface area contributed by atoms with E-state index >= 15 is 0 Å². The molecule has 1 spiro atoms. The normalized spacial score (nSPS) is 24.6. The molecule has 4 aliphatic carbocycles. The number of carbonyl (C=O) groups is 7. The summed E-state index contributed by atoms with van der Waals surface area (Å²) in [6, 6.07) is 6.85. The highest BCUT2D eigenvalue weighted by Gasteiger charge is 2.66. The van der Waals surface area contributed by atoms with Crippen molar-refractivity contribution in [1.82, 2.24) is 49.1 Å². The van der Waals surface area contributed by atoms with Crippen LogP contribution in [0.1, 0.15) is 144 Å². The Kier molecular flexibility index (Phi) is 26.0. The molecule has 9 aliphatic rings. The number of hydrogen-bond donors (Lipinski definition) is 5. The summed E-state index contributed by atoms with van der Waals surface area (Å²) in [5.41, 5.74) is -1.23. The van der Waals surface area contributed by atoms with Crippen molar-refractivity contribution in [1.29, 1.82) is 0 Å². The Labute approximate surface area is 666 Å². The van der Waals surface area contributed by atoms with Crippen molar-refractivity contribution in [2.45, 2.75) is 206 Å². The van der Waals surface area contributed by atoms with Crippen LogP contribution in [-0.2, 0) is 58.6 Å². The maximum absolute atomic E-state index is 14.7. The maximum Gasteiger partial charge on any atom is 0.408 e. The Morgan fingerprint density at radius 1 is 0.640 bits per heavy atom. The van der Waals surface area contributed by atoms with Gasteiger partial charge in [0.05, 0.1) is 51.6 Å². The summed E-state index contributed by atoms with van der Waals surface area (Å²) in [6.07, 6.45) is 15.1. The Balaban J connectivity index is 0.000000204. The van der Waals surface area contributed by atoms with Gasteiger partial charge in [-0.1, -0.05) is 78.0 Å². The average molecular weight is 1620 g/mol. The molecule has 114 heavy (non-hydrogen) atoms. The van der Waals surface area contributed by atoms with Crippen LogP contribution in [0.3, 0.4) is 0 Å². The predicted octanol–water partition coefficient (Wildman–Crippen LogP) is 8.02. The van der Waals surface area contributed by atoms with Crippen molar-refractivity contribution >= 4 is 89.9 Å². The molecule has 7 heterocycles. The van der Waals surface area contributed by atoms with Gasteiger partial charge in [0.15, 0.2) is 5.54 Å². The van der Waals surface area contributed by atoms with E-state index in [1.807, 2.05) is 66.7 Å². The lowest BCUT2D eigenvalue weighted by atomic mass is 9.85. The lowest BCUT2D eigenvalue weighted by Gasteiger charge is -2.35. The molecule has 620 valence electrons. The first-order chi connectivity index (χ1) is 54.0. The van der Waals surface area contributed by atoms with Gasteiger partial charge in [0.25, 0.3) is 16.1 Å². The molecule has 6 N–H and O–H groups in total. The van der Waals surface area contributed by atoms with Crippen LogP contribution in [-0.4, -0.2) is 219 Å². The van der Waals surface area contributed by atoms with E-state index in [0.717, 1.165) is 72.2 Å². The van der Waals surface area contributed by atoms with Crippen LogP contribution >= 0.6 is 0 Å². The largest absolute Gasteiger partial charge is 0.496 e. The number of nitrogens with zero attached hydrogens (tertiary/aromatic N) is 7. The Morgan fingerprint density at radius 3 is 1.52 bits per heavy atom. The smallest absolute Gasteiger partial charge is 0.408 e. The van der Waals surface area contributed by atoms with Gasteiger partial charge in [0, 0.05) is 84.9 Å². The van der Waals surface area contributed by atoms with E-state index < -0.39 is 120 Å². The van der Waals surface area contributed by atoms with E-state index in [0.29, 0.717) is 90.3 Å². The molecule has 32 nitrogen and oxygen atoms in total. The molecule has 6 amide bonds. The van der Waals surface area contributed by atoms with Crippen molar-refractivity contribution in [3.05, 3.63) is 97.1 Å². The summed E-state index contributed by atoms with van der Waals surface area (Å²) in [5.74, 6) is -0.459. The number of nitrogens with one attached hydrogen (secondary N) is 4. The number of amides is 6. The molecule has 13 rings (SSSR count). The summed E-state index contributed by atoms with van der Waals surface area (Å²) in [4.78, 5) is 114. The van der Waals surface area contributed by atoms with E-state index in [1.165, 1.54) is 15.3 Å². The van der Waals surface area contributed by atoms with Crippen LogP contribution < -0.4 is 54.2 Å². The molecule has 0 radical (unpaired) electrons. The SMILES string of the molecule is C=C[C@@H]1C[C@@]12N=C([C@@H]1C[C@@H](Oc3cc(OCC)nc4c(C)c(OC)ccc34)CN1C(=O)[C@@H](NC(=O)OC1CCCC1)C(C)(C)C)OC2=O.C=C[C@@H]1C[C@]1(NC(=O)[C@@H]1C[C@@H](Oc2cc(OCC)nc3c(C)c(OC)ccc23)CN1C(=O)[C@@H](NC(=O)OC1CCCC1)C(C)(C)C)C(=O)NS(=O)(=O)N1CC=CC1.NS(=O)(=O)N1CC=CC1. The molecule has 4 saturated carbocycles. The monoisotopic (exact) mass is 1620 g/mol. The number of aromatic nitrogens is 2. The summed E-state index contributed by atoms with van der Waals surface area (Å²) >= 11 is 0. The van der Waals surface area contributed by atoms with Gasteiger partial charge >= 0.3 is 28.4 Å². The van der Waals surface area contributed by atoms with Gasteiger partial charge in [0.2, 0.25) is 35.4 Å². The summed E-state index contributed by atoms with van der Waals surface area (Å²) < 4.78 is 105. The van der Waals surface area contributed by atoms with E-state index in [-0.39, 0.29) is 69.0 Å². The van der Waals surface area contributed by atoms with Crippen LogP contribution in [0, 0.1) is 36.5 Å². The molecule has 2 aromatic heterocycles. The van der Waals surface area contributed by atoms with Crippen molar-refractivity contribution in [3.8, 4) is 34.8 Å². The molecule has 2 saturated heterocycles. The first-order valence-electron chi connectivity index (χ1n) is 38.9. The zero-order valence-electron chi connectivity index (χ0n) is 66.9. The minimum atomic E-state index is -4.21. The number of rotatable bonds is 25. The van der Waals surface area contributed by atoms with Crippen molar-refractivity contribution in [2.75, 3.05) is 66.7 Å². The first-order valence-corrected chi connectivity index (χ1v) is 41.8. The van der Waals surface area contributed by atoms with Crippen molar-refractivity contribution in [2.24, 2.45) is 32.8 Å². The fourth-order valence-electron chi connectivity index (χ4n) is 15.6. The van der Waals surface area contributed by atoms with Gasteiger partial charge < -0.3 is 68.4 Å². The molecule has 2 aromatic carbocycles. The maximum atomic E-state index is 14.7. The number of pyridine rings is 2. The average Bonchev–Trinajstić information content (AvgIpc) is 1.46. The number of cyclic esters (lactones) is 1. The molecule has 4 aromatic rings. The quantitative estimate of drug-likeness (QED) is 0.0238. The number of nitrogens with two attached hydrogens (primary N) is 1. The number of alkyl carbamates (subject to hydrolysis) is 2. The molecule has 10 atom stereocenters. The first kappa shape index (κ1) is 85.2. The fourth-order valence-corrected chi connectivity index (χ4v) is 17.3. The molecule has 0 bridgehead atoms. The minimum absolute atomic E-state index is 0.00191. The van der Waals surface area contributed by atoms with Gasteiger partial charge in [0.1, 0.15) is 77.1 Å². The number of methoxy groups -OCH3 is 2. The highest BCUT2D eigenvalue weighted by atomic mass is 32.2. The third-order valence-electron chi connectivity index (χ3n) is 22.1. The van der Waals surface area contributed by atoms with Gasteiger partial charge in [-0.2, -0.15) is 25.4 Å². The molecular weight excluding hydrogens is 1510 g/mol. The number of aliphatic imine (C=N–C) groups is 1. The van der Waals surface area contributed by atoms with Crippen LogP contribution in [0.4, 0.5) is 9.59 Å². The second kappa shape index (κ2) is 34.8. The van der Waals surface area contributed by atoms with Crippen LogP contribution in [0.2, 0.25) is 0 Å². The zero-order chi connectivity index (χ0) is 82.6. The fraction of sp³-hybridized carbons (Fsp3) is 0.575. The van der Waals surface area contributed by atoms with E-state index in [9.17, 15) is 50.4 Å². The number of carbonyl (C=O) groups excluding carboxylic acids is 7. The lowest BCUT2D eigenvalue weighted by Crippen LogP contribution is -2.60. The van der Waals surface area contributed by atoms with Gasteiger partial charge in [-0.05, 0) is 127 Å². The number of aryl methyl sites for hydroxylation is 2. The number of fused-ring (bicyclic) bond motifs is 2. The van der Waals surface area contributed by atoms with Crippen LogP contribution in [0.15, 0.2) is 91.0 Å². The van der Waals surface area contributed by atoms with Gasteiger partial charge in [-0.15, -0.1) is 13.2 Å². The van der Waals surface area contributed by atoms with Gasteiger partial charge in [-0.25, -0.2) is 39.2 Å². The number of ether oxygens (including phenoxy) is 9. The summed E-state index contributed by atoms with van der Waals surface area (Å²) in [7, 11) is -4.47. The van der Waals surface area contributed by atoms with E-state index in [2.05, 4.69) is 38.8 Å². The second-order valence-corrected chi connectivity index (χ2v) is 35.4. The third-order valence-corrected chi connectivity index (χ3v) is 24.5. The highest BCUT2D eigenvalue weighted by Crippen LogP contribution is 2.53. The number of esters is 1. The van der Waals surface area contributed by atoms with Crippen molar-refractivity contribution in [3.63, 3.8) is 0 Å². The molecule has 34 heteroatoms. The molecule has 0 unspecified atom stereocenters. The minimum Gasteiger partial charge on any atom is -0.496 e. The van der Waals surface area contributed by atoms with Crippen LogP contribution in [0.5, 0.6) is 34.8 Å². The van der Waals surface area contributed by atoms with E-state index in [4.69, 9.17) is 57.7 Å². The van der Waals surface area contributed by atoms with Crippen LogP contribution in [0.25, 0.3) is 21.8 Å². The highest BCUT2D eigenvalue weighted by molar-refractivity contribution is 7.87. The number of hydrogen-bond acceptors (Lipinski definition) is 23. The topological polar surface area (TPSA) is 396 Å². The number of likely N-dealkylation sites (tertiary alicyclic amines) is 2. The standard InChI is InChI=1S/C40H54N6O10S.C36H46N4O8.C4H8N2O2S/c1-8-25-22-40(25,37(49)44-57(51,52)45-18-12-13-19-45)43-35(47)29-20-27(55-31-21-32(54-9-2)41-33-24(3)30(53-7)17-16-28(31)33)23-46(29)36(48)34(39(4,5)6)42-38(50)56-26-14-10-11-15-26;1-8-21-18-36(21)33(42)48-31(39-36)25-16-23(46-27-17-28(45-9-2)37-29-20(3)26(44-7)15-14-24(27)29)19-40(25)32(41)30(35(4,5)6)38-34(43)47-22-12-10-11-13-22;5-9(7,8)6-3-1-2-4-6/h8,12-13,16-17,21,25-27,29,34H,1,9-11,14-15,18-20,22-23H2,2-7H3,(H,42,50)(H,43,47)(H,44,49);8,14-15,17,21-23,25,30H,1,9-13,16,18-19H2,2-7H3,(H,38,43);1-2H,3-4H2,(H2,5,7,8)/t25-,27-,29+,34-,40-;21-,23-,25+,30-,36-;/m11./s1. The van der Waals surface area contributed by atoms with Gasteiger partial charge in [-0.3, -0.25) is 19.2 Å². The third kappa shape index (κ3) is 19.0. The molecular formula is C80H108N12O20S2. The predicted molar refractivity (Wildman–Crippen MR) is 423 cm³/mol. The Morgan fingerprint density at radius 2 is 1.10 bits per heavy atom. The summed E-state index contributed by atoms with van der Waals surface area (Å²) in [6.45, 7) is 28.1. The van der Waals surface area contributed by atoms with E-state index in [1.54, 1.807) is 88.5 Å². The second-order valence-electron chi connectivity index (χ2n) is 32.2. The molecule has 5 aliphatic heterocycles. The zero-order valence-corrected chi connectivity index (χ0v) is 68.6. The Hall–Kier alpha value is -9.64. The lowest BCUT2D eigenvalue weighted by molar-refractivity contribution is -0.143. The summed E-state index contributed by atoms with van der Waals surface area (Å²) in [5, 5.41) is 14.7. The Bertz CT molecular complexity index is 4670. The number of benzene rings is 2. The molecule has 6 fully saturated rings. The van der Waals surface area contributed by atoms with Crippen molar-refractivity contribution < 1.29 is 93.0 Å².